The van der Waals surface area contributed by atoms with Crippen LogP contribution in [0.4, 0.5) is 5.82 Å². The zero-order valence-electron chi connectivity index (χ0n) is 12.1. The molecule has 0 radical (unpaired) electrons. The Labute approximate surface area is 131 Å². The van der Waals surface area contributed by atoms with Crippen molar-refractivity contribution in [2.24, 2.45) is 0 Å². The first kappa shape index (κ1) is 16.0. The first-order chi connectivity index (χ1) is 10.4. The van der Waals surface area contributed by atoms with Gasteiger partial charge in [0, 0.05) is 13.6 Å². The van der Waals surface area contributed by atoms with Gasteiger partial charge in [0.05, 0.1) is 40.8 Å². The lowest BCUT2D eigenvalue weighted by Gasteiger charge is -2.17. The summed E-state index contributed by atoms with van der Waals surface area (Å²) in [5.41, 5.74) is 0.742. The number of rotatable bonds is 6. The van der Waals surface area contributed by atoms with E-state index in [2.05, 4.69) is 10.2 Å². The minimum atomic E-state index is -0.607. The second-order valence-corrected chi connectivity index (χ2v) is 5.04. The van der Waals surface area contributed by atoms with Crippen molar-refractivity contribution in [3.8, 4) is 0 Å². The molecular weight excluding hydrogens is 312 g/mol. The van der Waals surface area contributed by atoms with Crippen LogP contribution >= 0.6 is 11.6 Å². The Morgan fingerprint density at radius 1 is 1.55 bits per heavy atom. The molecule has 0 aliphatic rings. The molecule has 1 amide bonds. The second-order valence-electron chi connectivity index (χ2n) is 4.63. The molecule has 2 aromatic rings. The summed E-state index contributed by atoms with van der Waals surface area (Å²) in [5.74, 6) is -0.527. The van der Waals surface area contributed by atoms with E-state index < -0.39 is 4.92 Å². The Hall–Kier alpha value is -2.42. The van der Waals surface area contributed by atoms with Crippen molar-refractivity contribution in [2.75, 3.05) is 7.05 Å². The van der Waals surface area contributed by atoms with E-state index >= 15 is 0 Å². The fourth-order valence-corrected chi connectivity index (χ4v) is 2.13. The summed E-state index contributed by atoms with van der Waals surface area (Å²) in [6.45, 7) is 2.80. The molecule has 2 aromatic heterocycles. The molecule has 0 fully saturated rings. The van der Waals surface area contributed by atoms with Crippen molar-refractivity contribution in [1.82, 2.24) is 24.5 Å². The largest absolute Gasteiger partial charge is 0.389 e. The smallest absolute Gasteiger partial charge is 0.358 e. The van der Waals surface area contributed by atoms with Crippen molar-refractivity contribution >= 4 is 23.3 Å². The predicted molar refractivity (Wildman–Crippen MR) is 78.3 cm³/mol. The van der Waals surface area contributed by atoms with E-state index in [-0.39, 0.29) is 18.3 Å². The summed E-state index contributed by atoms with van der Waals surface area (Å²) in [5, 5.41) is 18.9. The maximum atomic E-state index is 12.2. The standard InChI is InChI=1S/C12H15ClN6O3/c1-3-18-10(9(13)6-14-18)7-16(2)12(20)8-17-5-4-11(15-17)19(21)22/h4-6H,3,7-8H2,1-2H3. The third-order valence-corrected chi connectivity index (χ3v) is 3.44. The fourth-order valence-electron chi connectivity index (χ4n) is 1.93. The average molecular weight is 327 g/mol. The quantitative estimate of drug-likeness (QED) is 0.589. The molecule has 0 atom stereocenters. The Bertz CT molecular complexity index is 695. The third kappa shape index (κ3) is 3.42. The van der Waals surface area contributed by atoms with Crippen molar-refractivity contribution in [2.45, 2.75) is 26.6 Å². The maximum absolute atomic E-state index is 12.2. The Morgan fingerprint density at radius 2 is 2.27 bits per heavy atom. The number of carbonyl (C=O) groups is 1. The molecule has 0 aliphatic carbocycles. The van der Waals surface area contributed by atoms with Crippen LogP contribution in [0.3, 0.4) is 0 Å². The van der Waals surface area contributed by atoms with E-state index in [9.17, 15) is 14.9 Å². The molecule has 0 bridgehead atoms. The summed E-state index contributed by atoms with van der Waals surface area (Å²) in [6.07, 6.45) is 2.93. The first-order valence-corrected chi connectivity index (χ1v) is 6.92. The molecule has 0 spiro atoms. The van der Waals surface area contributed by atoms with Crippen LogP contribution in [0, 0.1) is 10.1 Å². The van der Waals surface area contributed by atoms with Crippen LogP contribution in [-0.2, 0) is 24.4 Å². The zero-order chi connectivity index (χ0) is 16.3. The van der Waals surface area contributed by atoms with Gasteiger partial charge in [-0.25, -0.2) is 0 Å². The molecule has 0 unspecified atom stereocenters. The summed E-state index contributed by atoms with van der Waals surface area (Å²) in [4.78, 5) is 23.6. The van der Waals surface area contributed by atoms with Crippen molar-refractivity contribution in [1.29, 1.82) is 0 Å². The molecule has 118 valence electrons. The van der Waals surface area contributed by atoms with Crippen LogP contribution in [0.2, 0.25) is 5.02 Å². The lowest BCUT2D eigenvalue weighted by atomic mass is 10.3. The summed E-state index contributed by atoms with van der Waals surface area (Å²) < 4.78 is 2.94. The van der Waals surface area contributed by atoms with E-state index in [0.29, 0.717) is 18.1 Å². The molecule has 0 saturated carbocycles. The number of hydrogen-bond acceptors (Lipinski definition) is 5. The van der Waals surface area contributed by atoms with Gasteiger partial charge in [-0.05, 0) is 11.8 Å². The van der Waals surface area contributed by atoms with Gasteiger partial charge in [-0.15, -0.1) is 0 Å². The molecule has 0 N–H and O–H groups in total. The van der Waals surface area contributed by atoms with E-state index in [1.54, 1.807) is 11.7 Å². The number of aromatic nitrogens is 4. The highest BCUT2D eigenvalue weighted by Gasteiger charge is 2.18. The van der Waals surface area contributed by atoms with Gasteiger partial charge in [0.25, 0.3) is 0 Å². The molecule has 9 nitrogen and oxygen atoms in total. The molecular formula is C12H15ClN6O3. The number of nitrogens with zero attached hydrogens (tertiary/aromatic N) is 6. The number of aryl methyl sites for hydroxylation is 1. The van der Waals surface area contributed by atoms with Crippen LogP contribution in [0.25, 0.3) is 0 Å². The highest BCUT2D eigenvalue weighted by molar-refractivity contribution is 6.31. The van der Waals surface area contributed by atoms with Crippen LogP contribution in [0.15, 0.2) is 18.5 Å². The van der Waals surface area contributed by atoms with Gasteiger partial charge in [0.2, 0.25) is 5.91 Å². The lowest BCUT2D eigenvalue weighted by molar-refractivity contribution is -0.389. The van der Waals surface area contributed by atoms with Crippen LogP contribution in [-0.4, -0.2) is 42.3 Å². The molecule has 0 saturated heterocycles. The zero-order valence-corrected chi connectivity index (χ0v) is 12.9. The minimum Gasteiger partial charge on any atom is -0.358 e. The van der Waals surface area contributed by atoms with E-state index in [4.69, 9.17) is 11.6 Å². The summed E-state index contributed by atoms with van der Waals surface area (Å²) >= 11 is 6.06. The Kier molecular flexibility index (Phi) is 4.76. The third-order valence-electron chi connectivity index (χ3n) is 3.12. The van der Waals surface area contributed by atoms with E-state index in [1.807, 2.05) is 6.92 Å². The van der Waals surface area contributed by atoms with Gasteiger partial charge >= 0.3 is 5.82 Å². The Morgan fingerprint density at radius 3 is 2.86 bits per heavy atom. The van der Waals surface area contributed by atoms with Gasteiger partial charge in [-0.3, -0.25) is 9.48 Å². The molecule has 2 rings (SSSR count). The minimum absolute atomic E-state index is 0.0811. The number of amides is 1. The number of carbonyl (C=O) groups excluding carboxylic acids is 1. The lowest BCUT2D eigenvalue weighted by Crippen LogP contribution is -2.31. The Balaban J connectivity index is 2.02. The molecule has 22 heavy (non-hydrogen) atoms. The molecule has 0 aromatic carbocycles. The van der Waals surface area contributed by atoms with Gasteiger partial charge in [-0.2, -0.15) is 9.78 Å². The van der Waals surface area contributed by atoms with Gasteiger partial charge < -0.3 is 15.0 Å². The highest BCUT2D eigenvalue weighted by atomic mass is 35.5. The van der Waals surface area contributed by atoms with Gasteiger partial charge in [0.1, 0.15) is 6.54 Å². The average Bonchev–Trinajstić information content (AvgIpc) is 3.07. The topological polar surface area (TPSA) is 99.1 Å². The van der Waals surface area contributed by atoms with Crippen molar-refractivity contribution in [3.05, 3.63) is 39.3 Å². The summed E-state index contributed by atoms with van der Waals surface area (Å²) in [7, 11) is 1.63. The van der Waals surface area contributed by atoms with E-state index in [0.717, 1.165) is 5.69 Å². The number of nitro groups is 1. The monoisotopic (exact) mass is 326 g/mol. The van der Waals surface area contributed by atoms with Gasteiger partial charge in [0.15, 0.2) is 0 Å². The van der Waals surface area contributed by atoms with E-state index in [1.165, 1.54) is 28.0 Å². The van der Waals surface area contributed by atoms with Crippen LogP contribution < -0.4 is 0 Å². The second kappa shape index (κ2) is 6.56. The van der Waals surface area contributed by atoms with Crippen molar-refractivity contribution < 1.29 is 9.72 Å². The van der Waals surface area contributed by atoms with Crippen LogP contribution in [0.1, 0.15) is 12.6 Å². The molecule has 10 heteroatoms. The normalized spacial score (nSPS) is 10.7. The van der Waals surface area contributed by atoms with Crippen molar-refractivity contribution in [3.63, 3.8) is 0 Å². The predicted octanol–water partition coefficient (Wildman–Crippen LogP) is 1.32. The molecule has 0 aliphatic heterocycles. The molecule has 2 heterocycles. The number of hydrogen-bond donors (Lipinski definition) is 0. The SMILES string of the molecule is CCn1ncc(Cl)c1CN(C)C(=O)Cn1ccc([N+](=O)[O-])n1. The number of halogens is 1. The fraction of sp³-hybridized carbons (Fsp3) is 0.417. The first-order valence-electron chi connectivity index (χ1n) is 6.54. The van der Waals surface area contributed by atoms with Crippen LogP contribution in [0.5, 0.6) is 0 Å². The highest BCUT2D eigenvalue weighted by Crippen LogP contribution is 2.17. The summed E-state index contributed by atoms with van der Waals surface area (Å²) in [6, 6.07) is 1.25. The van der Waals surface area contributed by atoms with Gasteiger partial charge in [-0.1, -0.05) is 11.6 Å². The maximum Gasteiger partial charge on any atom is 0.389 e. The number of likely N-dealkylation sites (N-methyl/N-ethyl adjacent to an activating group) is 1.